The Morgan fingerprint density at radius 2 is 2.00 bits per heavy atom. The molecule has 8 nitrogen and oxygen atoms in total. The average Bonchev–Trinajstić information content (AvgIpc) is 2.36. The first-order valence-electron chi connectivity index (χ1n) is 6.88. The van der Waals surface area contributed by atoms with Gasteiger partial charge in [-0.15, -0.1) is 0 Å². The van der Waals surface area contributed by atoms with Crippen LogP contribution in [0.3, 0.4) is 0 Å². The van der Waals surface area contributed by atoms with Gasteiger partial charge in [0.1, 0.15) is 11.3 Å². The van der Waals surface area contributed by atoms with E-state index in [0.29, 0.717) is 11.3 Å². The van der Waals surface area contributed by atoms with Gasteiger partial charge in [-0.1, -0.05) is 0 Å². The number of carbonyl (C=O) groups is 1. The standard InChI is InChI=1S/C14H22N2O6S/c1-14(2,3)22-13(17)16-11-10(6-8-15-12(11)20-4)7-9-21-23(5,18)19/h6,8H,7,9H2,1-5H3,(H,16,17). The Hall–Kier alpha value is -1.87. The summed E-state index contributed by atoms with van der Waals surface area (Å²) >= 11 is 0. The molecule has 0 atom stereocenters. The Labute approximate surface area is 136 Å². The van der Waals surface area contributed by atoms with Crippen molar-refractivity contribution >= 4 is 21.9 Å². The highest BCUT2D eigenvalue weighted by Crippen LogP contribution is 2.27. The Morgan fingerprint density at radius 1 is 1.35 bits per heavy atom. The van der Waals surface area contributed by atoms with Crippen LogP contribution in [0.4, 0.5) is 10.5 Å². The Morgan fingerprint density at radius 3 is 2.52 bits per heavy atom. The molecular formula is C14H22N2O6S. The van der Waals surface area contributed by atoms with Crippen molar-refractivity contribution < 1.29 is 26.9 Å². The first-order valence-corrected chi connectivity index (χ1v) is 8.70. The highest BCUT2D eigenvalue weighted by Gasteiger charge is 2.20. The molecule has 0 saturated heterocycles. The van der Waals surface area contributed by atoms with Gasteiger partial charge in [0.15, 0.2) is 0 Å². The quantitative estimate of drug-likeness (QED) is 0.785. The molecule has 1 rings (SSSR count). The van der Waals surface area contributed by atoms with E-state index in [1.54, 1.807) is 26.8 Å². The minimum absolute atomic E-state index is 0.0605. The van der Waals surface area contributed by atoms with Gasteiger partial charge in [-0.25, -0.2) is 9.78 Å². The molecule has 1 N–H and O–H groups in total. The topological polar surface area (TPSA) is 104 Å². The molecule has 1 heterocycles. The van der Waals surface area contributed by atoms with Crippen molar-refractivity contribution in [1.82, 2.24) is 4.98 Å². The molecule has 1 amide bonds. The third-order valence-corrected chi connectivity index (χ3v) is 3.09. The maximum atomic E-state index is 11.9. The number of nitrogens with one attached hydrogen (secondary N) is 1. The SMILES string of the molecule is COc1nccc(CCOS(C)(=O)=O)c1NC(=O)OC(C)(C)C. The highest BCUT2D eigenvalue weighted by molar-refractivity contribution is 7.85. The lowest BCUT2D eigenvalue weighted by molar-refractivity contribution is 0.0635. The van der Waals surface area contributed by atoms with E-state index in [0.717, 1.165) is 6.26 Å². The molecule has 0 fully saturated rings. The number of nitrogens with zero attached hydrogens (tertiary/aromatic N) is 1. The summed E-state index contributed by atoms with van der Waals surface area (Å²) in [6.07, 6.45) is 2.06. The maximum Gasteiger partial charge on any atom is 0.412 e. The van der Waals surface area contributed by atoms with Crippen molar-refractivity contribution in [2.45, 2.75) is 32.8 Å². The molecular weight excluding hydrogens is 324 g/mol. The molecule has 0 bridgehead atoms. The fraction of sp³-hybridized carbons (Fsp3) is 0.571. The molecule has 0 aliphatic heterocycles. The largest absolute Gasteiger partial charge is 0.480 e. The van der Waals surface area contributed by atoms with Crippen molar-refractivity contribution in [3.63, 3.8) is 0 Å². The van der Waals surface area contributed by atoms with Crippen LogP contribution in [0, 0.1) is 0 Å². The van der Waals surface area contributed by atoms with Gasteiger partial charge in [0.2, 0.25) is 5.88 Å². The lowest BCUT2D eigenvalue weighted by Gasteiger charge is -2.21. The average molecular weight is 346 g/mol. The van der Waals surface area contributed by atoms with Gasteiger partial charge in [-0.3, -0.25) is 9.50 Å². The zero-order valence-electron chi connectivity index (χ0n) is 13.9. The predicted octanol–water partition coefficient (Wildman–Crippen LogP) is 1.96. The number of amides is 1. The van der Waals surface area contributed by atoms with Gasteiger partial charge in [-0.05, 0) is 38.8 Å². The number of hydrogen-bond acceptors (Lipinski definition) is 7. The Kier molecular flexibility index (Phi) is 6.34. The van der Waals surface area contributed by atoms with Crippen molar-refractivity contribution in [2.24, 2.45) is 0 Å². The van der Waals surface area contributed by atoms with E-state index in [1.165, 1.54) is 13.3 Å². The van der Waals surface area contributed by atoms with E-state index in [4.69, 9.17) is 13.7 Å². The van der Waals surface area contributed by atoms with Gasteiger partial charge in [0, 0.05) is 6.20 Å². The van der Waals surface area contributed by atoms with Crippen LogP contribution in [0.1, 0.15) is 26.3 Å². The van der Waals surface area contributed by atoms with E-state index in [-0.39, 0.29) is 18.9 Å². The Bertz CT molecular complexity index is 652. The van der Waals surface area contributed by atoms with Gasteiger partial charge < -0.3 is 9.47 Å². The summed E-state index contributed by atoms with van der Waals surface area (Å²) in [6.45, 7) is 5.17. The number of pyridine rings is 1. The van der Waals surface area contributed by atoms with Crippen molar-refractivity contribution in [2.75, 3.05) is 25.3 Å². The van der Waals surface area contributed by atoms with E-state index in [1.807, 2.05) is 0 Å². The number of rotatable bonds is 6. The smallest absolute Gasteiger partial charge is 0.412 e. The molecule has 0 unspecified atom stereocenters. The van der Waals surface area contributed by atoms with Gasteiger partial charge in [0.25, 0.3) is 10.1 Å². The van der Waals surface area contributed by atoms with Crippen LogP contribution in [-0.2, 0) is 25.5 Å². The van der Waals surface area contributed by atoms with E-state index < -0.39 is 21.8 Å². The number of ether oxygens (including phenoxy) is 2. The highest BCUT2D eigenvalue weighted by atomic mass is 32.2. The zero-order chi connectivity index (χ0) is 17.7. The van der Waals surface area contributed by atoms with Crippen LogP contribution in [0.5, 0.6) is 5.88 Å². The van der Waals surface area contributed by atoms with E-state index in [2.05, 4.69) is 10.3 Å². The second kappa shape index (κ2) is 7.60. The Balaban J connectivity index is 2.92. The van der Waals surface area contributed by atoms with E-state index in [9.17, 15) is 13.2 Å². The number of anilines is 1. The number of carbonyl (C=O) groups excluding carboxylic acids is 1. The summed E-state index contributed by atoms with van der Waals surface area (Å²) in [5.74, 6) is 0.202. The molecule has 0 aromatic carbocycles. The third-order valence-electron chi connectivity index (χ3n) is 2.49. The van der Waals surface area contributed by atoms with Gasteiger partial charge in [-0.2, -0.15) is 8.42 Å². The number of aromatic nitrogens is 1. The van der Waals surface area contributed by atoms with Gasteiger partial charge in [0.05, 0.1) is 20.0 Å². The molecule has 9 heteroatoms. The molecule has 130 valence electrons. The van der Waals surface area contributed by atoms with Crippen LogP contribution in [0.25, 0.3) is 0 Å². The molecule has 23 heavy (non-hydrogen) atoms. The van der Waals surface area contributed by atoms with Crippen molar-refractivity contribution in [1.29, 1.82) is 0 Å². The lowest BCUT2D eigenvalue weighted by atomic mass is 10.1. The molecule has 1 aromatic heterocycles. The summed E-state index contributed by atoms with van der Waals surface area (Å²) < 4.78 is 37.1. The number of methoxy groups -OCH3 is 1. The predicted molar refractivity (Wildman–Crippen MR) is 85.1 cm³/mol. The zero-order valence-corrected chi connectivity index (χ0v) is 14.7. The third kappa shape index (κ3) is 7.29. The van der Waals surface area contributed by atoms with Crippen molar-refractivity contribution in [3.05, 3.63) is 17.8 Å². The first-order chi connectivity index (χ1) is 10.5. The van der Waals surface area contributed by atoms with Crippen LogP contribution in [-0.4, -0.2) is 45.1 Å². The van der Waals surface area contributed by atoms with Crippen LogP contribution in [0.2, 0.25) is 0 Å². The molecule has 0 spiro atoms. The van der Waals surface area contributed by atoms with Crippen LogP contribution in [0.15, 0.2) is 12.3 Å². The monoisotopic (exact) mass is 346 g/mol. The lowest BCUT2D eigenvalue weighted by Crippen LogP contribution is -2.27. The summed E-state index contributed by atoms with van der Waals surface area (Å²) in [6, 6.07) is 1.64. The second-order valence-electron chi connectivity index (χ2n) is 5.76. The van der Waals surface area contributed by atoms with Crippen LogP contribution >= 0.6 is 0 Å². The fourth-order valence-electron chi connectivity index (χ4n) is 1.69. The molecule has 1 aromatic rings. The summed E-state index contributed by atoms with van der Waals surface area (Å²) in [5, 5.41) is 2.58. The summed E-state index contributed by atoms with van der Waals surface area (Å²) in [7, 11) is -2.11. The molecule has 0 saturated carbocycles. The first kappa shape index (κ1) is 19.2. The molecule has 0 aliphatic rings. The summed E-state index contributed by atoms with van der Waals surface area (Å²) in [4.78, 5) is 16.0. The molecule has 0 radical (unpaired) electrons. The minimum atomic E-state index is -3.53. The number of hydrogen-bond donors (Lipinski definition) is 1. The van der Waals surface area contributed by atoms with Crippen molar-refractivity contribution in [3.8, 4) is 5.88 Å². The minimum Gasteiger partial charge on any atom is -0.480 e. The normalized spacial score (nSPS) is 11.9. The summed E-state index contributed by atoms with van der Waals surface area (Å²) in [5.41, 5.74) is 0.284. The second-order valence-corrected chi connectivity index (χ2v) is 7.40. The van der Waals surface area contributed by atoms with Gasteiger partial charge >= 0.3 is 6.09 Å². The maximum absolute atomic E-state index is 11.9. The molecule has 0 aliphatic carbocycles. The van der Waals surface area contributed by atoms with Crippen LogP contribution < -0.4 is 10.1 Å². The van der Waals surface area contributed by atoms with E-state index >= 15 is 0 Å². The fourth-order valence-corrected chi connectivity index (χ4v) is 2.07.